The molecule has 1 fully saturated rings. The molecular formula is C27H34N4O3. The van der Waals surface area contributed by atoms with Gasteiger partial charge in [-0.1, -0.05) is 36.4 Å². The van der Waals surface area contributed by atoms with Crippen LogP contribution in [0, 0.1) is 13.8 Å². The third-order valence-electron chi connectivity index (χ3n) is 6.33. The van der Waals surface area contributed by atoms with Gasteiger partial charge in [0.05, 0.1) is 19.8 Å². The van der Waals surface area contributed by atoms with Gasteiger partial charge in [-0.2, -0.15) is 0 Å². The molecule has 3 aromatic rings. The molecule has 2 aromatic carbocycles. The van der Waals surface area contributed by atoms with Gasteiger partial charge in [-0.25, -0.2) is 4.79 Å². The summed E-state index contributed by atoms with van der Waals surface area (Å²) in [7, 11) is 0. The standard InChI is InChI=1S/C27H34N4O3/c1-20-15-21(2)24-17-23(26(32)29-25(24)16-20)19-31(10-6-9-30-11-13-34-14-12-30)27(33)28-18-22-7-4-3-5-8-22/h3-5,7-8,15-17H,6,9-14,18-19H2,1-2H3,(H,28,33)(H,29,32). The zero-order valence-corrected chi connectivity index (χ0v) is 20.1. The highest BCUT2D eigenvalue weighted by Crippen LogP contribution is 2.19. The number of aromatic nitrogens is 1. The van der Waals surface area contributed by atoms with Gasteiger partial charge in [-0.05, 0) is 49.1 Å². The molecule has 1 aromatic heterocycles. The Morgan fingerprint density at radius 3 is 2.65 bits per heavy atom. The normalized spacial score (nSPS) is 14.3. The largest absolute Gasteiger partial charge is 0.379 e. The van der Waals surface area contributed by atoms with Crippen LogP contribution in [0.2, 0.25) is 0 Å². The van der Waals surface area contributed by atoms with Crippen LogP contribution in [0.5, 0.6) is 0 Å². The molecule has 1 aliphatic heterocycles. The van der Waals surface area contributed by atoms with Gasteiger partial charge in [-0.15, -0.1) is 0 Å². The fraction of sp³-hybridized carbons (Fsp3) is 0.407. The molecule has 0 spiro atoms. The van der Waals surface area contributed by atoms with E-state index in [1.807, 2.05) is 56.3 Å². The fourth-order valence-electron chi connectivity index (χ4n) is 4.49. The second-order valence-electron chi connectivity index (χ2n) is 9.04. The highest BCUT2D eigenvalue weighted by atomic mass is 16.5. The zero-order chi connectivity index (χ0) is 23.9. The first-order valence-electron chi connectivity index (χ1n) is 12.0. The molecule has 0 bridgehead atoms. The molecular weight excluding hydrogens is 428 g/mol. The Hall–Kier alpha value is -3.16. The number of benzene rings is 2. The number of hydrogen-bond acceptors (Lipinski definition) is 4. The Bertz CT molecular complexity index is 1170. The SMILES string of the molecule is Cc1cc(C)c2cc(CN(CCCN3CCOCC3)C(=O)NCc3ccccc3)c(=O)[nH]c2c1. The molecule has 1 aliphatic rings. The van der Waals surface area contributed by atoms with Crippen molar-refractivity contribution in [1.29, 1.82) is 0 Å². The molecule has 2 N–H and O–H groups in total. The molecule has 2 amide bonds. The molecule has 7 nitrogen and oxygen atoms in total. The van der Waals surface area contributed by atoms with Gasteiger partial charge in [0.1, 0.15) is 0 Å². The van der Waals surface area contributed by atoms with E-state index in [1.165, 1.54) is 0 Å². The number of carbonyl (C=O) groups excluding carboxylic acids is 1. The zero-order valence-electron chi connectivity index (χ0n) is 20.1. The number of hydrogen-bond donors (Lipinski definition) is 2. The number of morpholine rings is 1. The predicted molar refractivity (Wildman–Crippen MR) is 135 cm³/mol. The Kier molecular flexibility index (Phi) is 7.98. The monoisotopic (exact) mass is 462 g/mol. The Labute approximate surface area is 200 Å². The Balaban J connectivity index is 1.49. The van der Waals surface area contributed by atoms with Crippen molar-refractivity contribution in [1.82, 2.24) is 20.1 Å². The fourth-order valence-corrected chi connectivity index (χ4v) is 4.49. The number of amides is 2. The maximum Gasteiger partial charge on any atom is 0.317 e. The van der Waals surface area contributed by atoms with Crippen LogP contribution in [-0.4, -0.2) is 60.2 Å². The summed E-state index contributed by atoms with van der Waals surface area (Å²) in [5.74, 6) is 0. The van der Waals surface area contributed by atoms with Crippen LogP contribution in [0.15, 0.2) is 53.3 Å². The summed E-state index contributed by atoms with van der Waals surface area (Å²) in [6.07, 6.45) is 0.836. The van der Waals surface area contributed by atoms with E-state index >= 15 is 0 Å². The summed E-state index contributed by atoms with van der Waals surface area (Å²) < 4.78 is 5.43. The molecule has 2 heterocycles. The van der Waals surface area contributed by atoms with Crippen molar-refractivity contribution in [3.63, 3.8) is 0 Å². The van der Waals surface area contributed by atoms with Gasteiger partial charge in [0.25, 0.3) is 5.56 Å². The third kappa shape index (κ3) is 6.24. The van der Waals surface area contributed by atoms with Gasteiger partial charge < -0.3 is 19.9 Å². The summed E-state index contributed by atoms with van der Waals surface area (Å²) in [6, 6.07) is 15.7. The van der Waals surface area contributed by atoms with Crippen molar-refractivity contribution >= 4 is 16.9 Å². The van der Waals surface area contributed by atoms with Crippen LogP contribution < -0.4 is 10.9 Å². The summed E-state index contributed by atoms with van der Waals surface area (Å²) in [4.78, 5) is 33.2. The van der Waals surface area contributed by atoms with Gasteiger partial charge in [0, 0.05) is 49.2 Å². The number of aromatic amines is 1. The van der Waals surface area contributed by atoms with Crippen LogP contribution >= 0.6 is 0 Å². The van der Waals surface area contributed by atoms with E-state index < -0.39 is 0 Å². The van der Waals surface area contributed by atoms with E-state index in [-0.39, 0.29) is 18.1 Å². The Morgan fingerprint density at radius 2 is 1.88 bits per heavy atom. The van der Waals surface area contributed by atoms with Crippen LogP contribution in [0.25, 0.3) is 10.9 Å². The number of aryl methyl sites for hydroxylation is 2. The number of pyridine rings is 1. The minimum atomic E-state index is -0.161. The summed E-state index contributed by atoms with van der Waals surface area (Å²) in [5, 5.41) is 4.04. The number of nitrogens with zero attached hydrogens (tertiary/aromatic N) is 2. The number of rotatable bonds is 8. The molecule has 0 atom stereocenters. The predicted octanol–water partition coefficient (Wildman–Crippen LogP) is 3.58. The summed E-state index contributed by atoms with van der Waals surface area (Å²) in [5.41, 5.74) is 4.54. The van der Waals surface area contributed by atoms with Crippen molar-refractivity contribution in [2.24, 2.45) is 0 Å². The van der Waals surface area contributed by atoms with E-state index in [0.717, 1.165) is 66.9 Å². The van der Waals surface area contributed by atoms with E-state index in [4.69, 9.17) is 4.74 Å². The lowest BCUT2D eigenvalue weighted by Gasteiger charge is -2.28. The molecule has 0 aliphatic carbocycles. The average Bonchev–Trinajstić information content (AvgIpc) is 2.84. The second kappa shape index (κ2) is 11.3. The molecule has 1 saturated heterocycles. The van der Waals surface area contributed by atoms with Crippen molar-refractivity contribution in [3.8, 4) is 0 Å². The molecule has 34 heavy (non-hydrogen) atoms. The lowest BCUT2D eigenvalue weighted by Crippen LogP contribution is -2.42. The quantitative estimate of drug-likeness (QED) is 0.537. The van der Waals surface area contributed by atoms with Crippen LogP contribution in [-0.2, 0) is 17.8 Å². The summed E-state index contributed by atoms with van der Waals surface area (Å²) in [6.45, 7) is 9.61. The second-order valence-corrected chi connectivity index (χ2v) is 9.04. The van der Waals surface area contributed by atoms with Crippen LogP contribution in [0.4, 0.5) is 4.79 Å². The van der Waals surface area contributed by atoms with E-state index in [9.17, 15) is 9.59 Å². The smallest absolute Gasteiger partial charge is 0.317 e. The molecule has 7 heteroatoms. The van der Waals surface area contributed by atoms with Gasteiger partial charge in [0.2, 0.25) is 0 Å². The number of ether oxygens (including phenoxy) is 1. The van der Waals surface area contributed by atoms with E-state index in [2.05, 4.69) is 21.3 Å². The van der Waals surface area contributed by atoms with Gasteiger partial charge >= 0.3 is 6.03 Å². The highest BCUT2D eigenvalue weighted by molar-refractivity contribution is 5.83. The number of urea groups is 1. The first-order valence-corrected chi connectivity index (χ1v) is 12.0. The van der Waals surface area contributed by atoms with Crippen molar-refractivity contribution in [2.75, 3.05) is 39.4 Å². The van der Waals surface area contributed by atoms with Crippen LogP contribution in [0.3, 0.4) is 0 Å². The third-order valence-corrected chi connectivity index (χ3v) is 6.33. The van der Waals surface area contributed by atoms with Gasteiger partial charge in [0.15, 0.2) is 0 Å². The van der Waals surface area contributed by atoms with E-state index in [0.29, 0.717) is 18.7 Å². The topological polar surface area (TPSA) is 77.7 Å². The first kappa shape index (κ1) is 24.0. The number of carbonyl (C=O) groups is 1. The molecule has 180 valence electrons. The maximum absolute atomic E-state index is 13.2. The molecule has 0 unspecified atom stereocenters. The molecule has 4 rings (SSSR count). The van der Waals surface area contributed by atoms with Gasteiger partial charge in [-0.3, -0.25) is 9.69 Å². The number of nitrogens with one attached hydrogen (secondary N) is 2. The molecule has 0 radical (unpaired) electrons. The number of fused-ring (bicyclic) bond motifs is 1. The van der Waals surface area contributed by atoms with Crippen molar-refractivity contribution in [2.45, 2.75) is 33.4 Å². The lowest BCUT2D eigenvalue weighted by molar-refractivity contribution is 0.0364. The average molecular weight is 463 g/mol. The summed E-state index contributed by atoms with van der Waals surface area (Å²) >= 11 is 0. The molecule has 0 saturated carbocycles. The number of H-pyrrole nitrogens is 1. The highest BCUT2D eigenvalue weighted by Gasteiger charge is 2.18. The maximum atomic E-state index is 13.2. The lowest BCUT2D eigenvalue weighted by atomic mass is 10.0. The Morgan fingerprint density at radius 1 is 1.12 bits per heavy atom. The van der Waals surface area contributed by atoms with Crippen molar-refractivity contribution < 1.29 is 9.53 Å². The minimum absolute atomic E-state index is 0.147. The minimum Gasteiger partial charge on any atom is -0.379 e. The first-order chi connectivity index (χ1) is 16.5. The van der Waals surface area contributed by atoms with E-state index in [1.54, 1.807) is 4.90 Å². The van der Waals surface area contributed by atoms with Crippen molar-refractivity contribution in [3.05, 3.63) is 81.1 Å². The van der Waals surface area contributed by atoms with Crippen LogP contribution in [0.1, 0.15) is 28.7 Å².